The van der Waals surface area contributed by atoms with Crippen LogP contribution in [0.15, 0.2) is 24.3 Å². The standard InChI is InChI=1S/C10H9NO6S2/c12-9-7-3-1-2-4-8(7)10(13)11(9)5-6-18-17-19(14,15)16/h1-4H,5-6H2,(H,14,15,16)/p-1. The van der Waals surface area contributed by atoms with Crippen molar-refractivity contribution in [3.8, 4) is 0 Å². The lowest BCUT2D eigenvalue weighted by molar-refractivity contribution is 0.0664. The van der Waals surface area contributed by atoms with Gasteiger partial charge in [0.25, 0.3) is 11.8 Å². The summed E-state index contributed by atoms with van der Waals surface area (Å²) in [6.45, 7) is -0.0352. The van der Waals surface area contributed by atoms with E-state index in [0.29, 0.717) is 23.2 Å². The number of rotatable bonds is 5. The maximum absolute atomic E-state index is 11.9. The molecule has 1 heterocycles. The van der Waals surface area contributed by atoms with Crippen LogP contribution in [-0.4, -0.2) is 42.0 Å². The topological polar surface area (TPSA) is 104 Å². The van der Waals surface area contributed by atoms with Crippen LogP contribution in [0.2, 0.25) is 0 Å². The van der Waals surface area contributed by atoms with Crippen LogP contribution in [0.1, 0.15) is 20.7 Å². The van der Waals surface area contributed by atoms with Gasteiger partial charge >= 0.3 is 0 Å². The predicted molar refractivity (Wildman–Crippen MR) is 65.0 cm³/mol. The minimum Gasteiger partial charge on any atom is -0.725 e. The summed E-state index contributed by atoms with van der Waals surface area (Å²) >= 11 is 0.383. The summed E-state index contributed by atoms with van der Waals surface area (Å²) in [6, 6.07) is 6.38. The highest BCUT2D eigenvalue weighted by Gasteiger charge is 2.34. The van der Waals surface area contributed by atoms with E-state index in [1.54, 1.807) is 24.3 Å². The molecule has 9 heteroatoms. The fraction of sp³-hybridized carbons (Fsp3) is 0.200. The largest absolute Gasteiger partial charge is 0.725 e. The summed E-state index contributed by atoms with van der Waals surface area (Å²) in [4.78, 5) is 24.7. The Balaban J connectivity index is 1.97. The lowest BCUT2D eigenvalue weighted by atomic mass is 10.1. The van der Waals surface area contributed by atoms with Gasteiger partial charge in [-0.25, -0.2) is 12.0 Å². The van der Waals surface area contributed by atoms with Gasteiger partial charge in [0.05, 0.1) is 11.1 Å². The molecule has 19 heavy (non-hydrogen) atoms. The maximum Gasteiger partial charge on any atom is 0.261 e. The first kappa shape index (κ1) is 14.0. The van der Waals surface area contributed by atoms with Crippen molar-refractivity contribution >= 4 is 34.3 Å². The monoisotopic (exact) mass is 302 g/mol. The van der Waals surface area contributed by atoms with Crippen LogP contribution in [0.25, 0.3) is 0 Å². The molecule has 0 aromatic heterocycles. The molecule has 0 unspecified atom stereocenters. The molecule has 1 aromatic carbocycles. The van der Waals surface area contributed by atoms with Crippen molar-refractivity contribution in [2.24, 2.45) is 0 Å². The Morgan fingerprint density at radius 3 is 2.16 bits per heavy atom. The first-order valence-electron chi connectivity index (χ1n) is 5.12. The molecule has 1 aliphatic heterocycles. The van der Waals surface area contributed by atoms with E-state index in [0.717, 1.165) is 4.90 Å². The molecule has 0 saturated carbocycles. The second-order valence-electron chi connectivity index (χ2n) is 3.61. The van der Waals surface area contributed by atoms with Crippen LogP contribution in [-0.2, 0) is 14.0 Å². The van der Waals surface area contributed by atoms with E-state index in [1.165, 1.54) is 0 Å². The average molecular weight is 302 g/mol. The number of carbonyl (C=O) groups is 2. The highest BCUT2D eigenvalue weighted by molar-refractivity contribution is 8.02. The molecule has 0 fully saturated rings. The zero-order valence-electron chi connectivity index (χ0n) is 9.44. The summed E-state index contributed by atoms with van der Waals surface area (Å²) in [6.07, 6.45) is 0. The van der Waals surface area contributed by atoms with Gasteiger partial charge in [0.1, 0.15) is 0 Å². The zero-order chi connectivity index (χ0) is 14.0. The van der Waals surface area contributed by atoms with Crippen LogP contribution >= 0.6 is 12.0 Å². The number of imide groups is 1. The quantitative estimate of drug-likeness (QED) is 0.255. The first-order chi connectivity index (χ1) is 8.90. The second kappa shape index (κ2) is 5.29. The van der Waals surface area contributed by atoms with Crippen molar-refractivity contribution < 1.29 is 26.2 Å². The molecule has 0 radical (unpaired) electrons. The second-order valence-corrected chi connectivity index (χ2v) is 5.61. The molecule has 2 rings (SSSR count). The van der Waals surface area contributed by atoms with E-state index in [4.69, 9.17) is 0 Å². The summed E-state index contributed by atoms with van der Waals surface area (Å²) < 4.78 is 34.5. The molecular formula is C10H8NO6S2-. The van der Waals surface area contributed by atoms with E-state index in [1.807, 2.05) is 0 Å². The molecule has 0 bridgehead atoms. The Morgan fingerprint density at radius 1 is 1.16 bits per heavy atom. The van der Waals surface area contributed by atoms with Gasteiger partial charge in [-0.15, -0.1) is 0 Å². The average Bonchev–Trinajstić information content (AvgIpc) is 2.58. The molecule has 7 nitrogen and oxygen atoms in total. The minimum atomic E-state index is -4.78. The van der Waals surface area contributed by atoms with Gasteiger partial charge in [-0.2, -0.15) is 0 Å². The van der Waals surface area contributed by atoms with E-state index in [2.05, 4.69) is 3.63 Å². The number of benzene rings is 1. The molecular weight excluding hydrogens is 294 g/mol. The van der Waals surface area contributed by atoms with Crippen molar-refractivity contribution in [2.75, 3.05) is 12.3 Å². The molecule has 0 atom stereocenters. The third kappa shape index (κ3) is 3.13. The van der Waals surface area contributed by atoms with Gasteiger partial charge in [0.15, 0.2) is 0 Å². The molecule has 0 saturated heterocycles. The first-order valence-corrected chi connectivity index (χ1v) is 7.37. The number of carbonyl (C=O) groups excluding carboxylic acids is 2. The fourth-order valence-electron chi connectivity index (χ4n) is 1.66. The smallest absolute Gasteiger partial charge is 0.261 e. The summed E-state index contributed by atoms with van der Waals surface area (Å²) in [7, 11) is -4.78. The number of amides is 2. The Kier molecular flexibility index (Phi) is 3.90. The molecule has 2 amide bonds. The van der Waals surface area contributed by atoms with E-state index in [-0.39, 0.29) is 12.3 Å². The van der Waals surface area contributed by atoms with Crippen LogP contribution in [0.4, 0.5) is 0 Å². The molecule has 1 aromatic rings. The third-order valence-corrected chi connectivity index (χ3v) is 3.81. The van der Waals surface area contributed by atoms with Crippen LogP contribution in [0.5, 0.6) is 0 Å². The molecule has 0 aliphatic carbocycles. The maximum atomic E-state index is 11.9. The number of fused-ring (bicyclic) bond motifs is 1. The Bertz CT molecular complexity index is 592. The van der Waals surface area contributed by atoms with Gasteiger partial charge < -0.3 is 4.55 Å². The van der Waals surface area contributed by atoms with E-state index >= 15 is 0 Å². The van der Waals surface area contributed by atoms with Crippen LogP contribution in [0, 0.1) is 0 Å². The van der Waals surface area contributed by atoms with Gasteiger partial charge in [-0.05, 0) is 12.1 Å². The Labute approximate surface area is 113 Å². The van der Waals surface area contributed by atoms with Crippen LogP contribution in [0.3, 0.4) is 0 Å². The SMILES string of the molecule is O=C1c2ccccc2C(=O)N1CCSOS(=O)(=O)[O-]. The van der Waals surface area contributed by atoms with Crippen molar-refractivity contribution in [2.45, 2.75) is 0 Å². The molecule has 0 spiro atoms. The van der Waals surface area contributed by atoms with Gasteiger partial charge in [-0.1, -0.05) is 12.1 Å². The van der Waals surface area contributed by atoms with Gasteiger partial charge in [0, 0.05) is 24.3 Å². The molecule has 0 N–H and O–H groups in total. The normalized spacial score (nSPS) is 14.9. The van der Waals surface area contributed by atoms with Crippen LogP contribution < -0.4 is 0 Å². The summed E-state index contributed by atoms with van der Waals surface area (Å²) in [5.41, 5.74) is 0.629. The molecule has 1 aliphatic rings. The highest BCUT2D eigenvalue weighted by Crippen LogP contribution is 2.22. The van der Waals surface area contributed by atoms with E-state index < -0.39 is 22.2 Å². The molecule has 102 valence electrons. The van der Waals surface area contributed by atoms with Crippen molar-refractivity contribution in [1.29, 1.82) is 0 Å². The third-order valence-electron chi connectivity index (χ3n) is 2.41. The van der Waals surface area contributed by atoms with Crippen molar-refractivity contribution in [3.63, 3.8) is 0 Å². The van der Waals surface area contributed by atoms with Gasteiger partial charge in [0.2, 0.25) is 10.4 Å². The van der Waals surface area contributed by atoms with Crippen molar-refractivity contribution in [3.05, 3.63) is 35.4 Å². The lowest BCUT2D eigenvalue weighted by Gasteiger charge is -2.13. The predicted octanol–water partition coefficient (Wildman–Crippen LogP) is 0.408. The van der Waals surface area contributed by atoms with E-state index in [9.17, 15) is 22.6 Å². The Morgan fingerprint density at radius 2 is 1.68 bits per heavy atom. The van der Waals surface area contributed by atoms with Crippen molar-refractivity contribution in [1.82, 2.24) is 4.90 Å². The zero-order valence-corrected chi connectivity index (χ0v) is 11.1. The number of nitrogens with zero attached hydrogens (tertiary/aromatic N) is 1. The van der Waals surface area contributed by atoms with Gasteiger partial charge in [-0.3, -0.25) is 14.5 Å². The Hall–Kier alpha value is -1.42. The summed E-state index contributed by atoms with van der Waals surface area (Å²) in [5.74, 6) is -0.884. The minimum absolute atomic E-state index is 0.00701. The number of hydrogen-bond donors (Lipinski definition) is 0. The fourth-order valence-corrected chi connectivity index (χ4v) is 2.66. The summed E-state index contributed by atoms with van der Waals surface area (Å²) in [5, 5.41) is 0. The lowest BCUT2D eigenvalue weighted by Crippen LogP contribution is -2.31. The number of hydrogen-bond acceptors (Lipinski definition) is 7. The highest BCUT2D eigenvalue weighted by atomic mass is 32.3.